The molecule has 5 nitrogen and oxygen atoms in total. The number of carbonyl (C=O) groups excluding carboxylic acids is 1. The number of nitrogens with zero attached hydrogens (tertiary/aromatic N) is 1. The SMILES string of the molecule is CCN(CCCO)C(=O)C1COCCO1. The summed E-state index contributed by atoms with van der Waals surface area (Å²) in [5.74, 6) is -0.0364. The van der Waals surface area contributed by atoms with Crippen molar-refractivity contribution >= 4 is 5.91 Å². The lowest BCUT2D eigenvalue weighted by molar-refractivity contribution is -0.157. The Balaban J connectivity index is 2.40. The monoisotopic (exact) mass is 217 g/mol. The standard InChI is InChI=1S/C10H19NO4/c1-2-11(4-3-5-12)10(13)9-8-14-6-7-15-9/h9,12H,2-8H2,1H3. The van der Waals surface area contributed by atoms with Gasteiger partial charge in [0.05, 0.1) is 19.8 Å². The van der Waals surface area contributed by atoms with Crippen LogP contribution < -0.4 is 0 Å². The molecule has 0 radical (unpaired) electrons. The maximum Gasteiger partial charge on any atom is 0.254 e. The smallest absolute Gasteiger partial charge is 0.254 e. The van der Waals surface area contributed by atoms with Crippen molar-refractivity contribution in [3.63, 3.8) is 0 Å². The van der Waals surface area contributed by atoms with Gasteiger partial charge in [0.2, 0.25) is 0 Å². The van der Waals surface area contributed by atoms with Crippen molar-refractivity contribution in [2.45, 2.75) is 19.4 Å². The van der Waals surface area contributed by atoms with E-state index >= 15 is 0 Å². The molecule has 1 atom stereocenters. The predicted molar refractivity (Wildman–Crippen MR) is 54.5 cm³/mol. The summed E-state index contributed by atoms with van der Waals surface area (Å²) in [6, 6.07) is 0. The Morgan fingerprint density at radius 2 is 2.33 bits per heavy atom. The summed E-state index contributed by atoms with van der Waals surface area (Å²) in [4.78, 5) is 13.6. The zero-order valence-electron chi connectivity index (χ0n) is 9.15. The van der Waals surface area contributed by atoms with Gasteiger partial charge in [-0.15, -0.1) is 0 Å². The molecule has 1 aliphatic heterocycles. The fourth-order valence-corrected chi connectivity index (χ4v) is 1.52. The summed E-state index contributed by atoms with van der Waals surface area (Å²) in [6.45, 7) is 4.62. The minimum Gasteiger partial charge on any atom is -0.396 e. The van der Waals surface area contributed by atoms with Crippen LogP contribution in [-0.4, -0.2) is 61.5 Å². The average Bonchev–Trinajstić information content (AvgIpc) is 2.31. The first-order valence-electron chi connectivity index (χ1n) is 5.38. The number of amides is 1. The lowest BCUT2D eigenvalue weighted by atomic mass is 10.2. The molecule has 1 rings (SSSR count). The highest BCUT2D eigenvalue weighted by Crippen LogP contribution is 2.05. The fourth-order valence-electron chi connectivity index (χ4n) is 1.52. The van der Waals surface area contributed by atoms with E-state index in [1.165, 1.54) is 0 Å². The number of aliphatic hydroxyl groups is 1. The van der Waals surface area contributed by atoms with E-state index in [2.05, 4.69) is 0 Å². The summed E-state index contributed by atoms with van der Waals surface area (Å²) in [5, 5.41) is 8.71. The van der Waals surface area contributed by atoms with E-state index in [4.69, 9.17) is 14.6 Å². The van der Waals surface area contributed by atoms with Crippen LogP contribution in [0.4, 0.5) is 0 Å². The molecule has 88 valence electrons. The number of hydrogen-bond acceptors (Lipinski definition) is 4. The largest absolute Gasteiger partial charge is 0.396 e. The molecule has 1 N–H and O–H groups in total. The summed E-state index contributed by atoms with van der Waals surface area (Å²) in [6.07, 6.45) is 0.144. The molecular formula is C10H19NO4. The number of likely N-dealkylation sites (N-methyl/N-ethyl adjacent to an activating group) is 1. The van der Waals surface area contributed by atoms with Gasteiger partial charge in [0.25, 0.3) is 5.91 Å². The lowest BCUT2D eigenvalue weighted by Gasteiger charge is -2.28. The quantitative estimate of drug-likeness (QED) is 0.683. The first-order valence-corrected chi connectivity index (χ1v) is 5.38. The number of rotatable bonds is 5. The normalized spacial score (nSPS) is 21.3. The van der Waals surface area contributed by atoms with E-state index < -0.39 is 6.10 Å². The zero-order valence-corrected chi connectivity index (χ0v) is 9.15. The van der Waals surface area contributed by atoms with Crippen molar-refractivity contribution in [1.29, 1.82) is 0 Å². The summed E-state index contributed by atoms with van der Waals surface area (Å²) >= 11 is 0. The van der Waals surface area contributed by atoms with Gasteiger partial charge >= 0.3 is 0 Å². The van der Waals surface area contributed by atoms with Gasteiger partial charge in [0, 0.05) is 19.7 Å². The molecule has 1 aliphatic rings. The van der Waals surface area contributed by atoms with Gasteiger partial charge in [-0.05, 0) is 13.3 Å². The lowest BCUT2D eigenvalue weighted by Crippen LogP contribution is -2.45. The maximum atomic E-state index is 11.9. The number of carbonyl (C=O) groups is 1. The topological polar surface area (TPSA) is 59.0 Å². The first kappa shape index (κ1) is 12.4. The van der Waals surface area contributed by atoms with E-state index in [9.17, 15) is 4.79 Å². The van der Waals surface area contributed by atoms with E-state index in [1.807, 2.05) is 6.92 Å². The summed E-state index contributed by atoms with van der Waals surface area (Å²) in [7, 11) is 0. The molecule has 0 saturated carbocycles. The fraction of sp³-hybridized carbons (Fsp3) is 0.900. The molecule has 1 heterocycles. The molecule has 0 aromatic carbocycles. The number of hydrogen-bond donors (Lipinski definition) is 1. The molecule has 0 spiro atoms. The van der Waals surface area contributed by atoms with Crippen LogP contribution >= 0.6 is 0 Å². The minimum atomic E-state index is -0.461. The van der Waals surface area contributed by atoms with Crippen molar-refractivity contribution in [3.8, 4) is 0 Å². The molecule has 0 aromatic heterocycles. The van der Waals surface area contributed by atoms with Gasteiger partial charge in [-0.1, -0.05) is 0 Å². The highest BCUT2D eigenvalue weighted by atomic mass is 16.6. The van der Waals surface area contributed by atoms with Crippen LogP contribution in [0.5, 0.6) is 0 Å². The van der Waals surface area contributed by atoms with Crippen LogP contribution in [-0.2, 0) is 14.3 Å². The van der Waals surface area contributed by atoms with E-state index in [1.54, 1.807) is 4.90 Å². The zero-order chi connectivity index (χ0) is 11.1. The Morgan fingerprint density at radius 3 is 2.87 bits per heavy atom. The summed E-state index contributed by atoms with van der Waals surface area (Å²) in [5.41, 5.74) is 0. The van der Waals surface area contributed by atoms with Gasteiger partial charge in [0.15, 0.2) is 6.10 Å². The molecule has 5 heteroatoms. The second-order valence-corrected chi connectivity index (χ2v) is 3.43. The second-order valence-electron chi connectivity index (χ2n) is 3.43. The third kappa shape index (κ3) is 3.77. The van der Waals surface area contributed by atoms with Gasteiger partial charge in [-0.3, -0.25) is 4.79 Å². The molecule has 1 amide bonds. The van der Waals surface area contributed by atoms with Crippen molar-refractivity contribution in [3.05, 3.63) is 0 Å². The second kappa shape index (κ2) is 6.76. The number of ether oxygens (including phenoxy) is 2. The Labute approximate surface area is 90.0 Å². The molecule has 1 fully saturated rings. The van der Waals surface area contributed by atoms with Crippen LogP contribution in [0.1, 0.15) is 13.3 Å². The van der Waals surface area contributed by atoms with Crippen molar-refractivity contribution in [1.82, 2.24) is 4.90 Å². The minimum absolute atomic E-state index is 0.0364. The van der Waals surface area contributed by atoms with Gasteiger partial charge < -0.3 is 19.5 Å². The Kier molecular flexibility index (Phi) is 5.60. The average molecular weight is 217 g/mol. The molecule has 15 heavy (non-hydrogen) atoms. The van der Waals surface area contributed by atoms with Gasteiger partial charge in [-0.25, -0.2) is 0 Å². The molecule has 0 bridgehead atoms. The summed E-state index contributed by atoms with van der Waals surface area (Å²) < 4.78 is 10.5. The van der Waals surface area contributed by atoms with Crippen LogP contribution in [0.2, 0.25) is 0 Å². The maximum absolute atomic E-state index is 11.9. The third-order valence-corrected chi connectivity index (χ3v) is 2.37. The van der Waals surface area contributed by atoms with Crippen LogP contribution in [0.25, 0.3) is 0 Å². The van der Waals surface area contributed by atoms with Crippen LogP contribution in [0.3, 0.4) is 0 Å². The van der Waals surface area contributed by atoms with Gasteiger partial charge in [0.1, 0.15) is 0 Å². The Bertz CT molecular complexity index is 192. The highest BCUT2D eigenvalue weighted by molar-refractivity contribution is 5.81. The number of aliphatic hydroxyl groups excluding tert-OH is 1. The highest BCUT2D eigenvalue weighted by Gasteiger charge is 2.26. The Hall–Kier alpha value is -0.650. The van der Waals surface area contributed by atoms with Crippen LogP contribution in [0.15, 0.2) is 0 Å². The molecule has 0 aliphatic carbocycles. The van der Waals surface area contributed by atoms with Gasteiger partial charge in [-0.2, -0.15) is 0 Å². The predicted octanol–water partition coefficient (Wildman–Crippen LogP) is -0.367. The van der Waals surface area contributed by atoms with Crippen molar-refractivity contribution < 1.29 is 19.4 Å². The van der Waals surface area contributed by atoms with E-state index in [0.717, 1.165) is 0 Å². The van der Waals surface area contributed by atoms with Crippen molar-refractivity contribution in [2.75, 3.05) is 39.5 Å². The van der Waals surface area contributed by atoms with E-state index in [0.29, 0.717) is 39.3 Å². The first-order chi connectivity index (χ1) is 7.29. The van der Waals surface area contributed by atoms with E-state index in [-0.39, 0.29) is 12.5 Å². The molecule has 1 unspecified atom stereocenters. The molecule has 0 aromatic rings. The van der Waals surface area contributed by atoms with Crippen LogP contribution in [0, 0.1) is 0 Å². The Morgan fingerprint density at radius 1 is 1.53 bits per heavy atom. The molecule has 1 saturated heterocycles. The molecular weight excluding hydrogens is 198 g/mol. The van der Waals surface area contributed by atoms with Crippen molar-refractivity contribution in [2.24, 2.45) is 0 Å². The third-order valence-electron chi connectivity index (χ3n) is 2.37.